The van der Waals surface area contributed by atoms with Crippen LogP contribution in [0.4, 0.5) is 0 Å². The maximum absolute atomic E-state index is 11.4. The Morgan fingerprint density at radius 1 is 1.17 bits per heavy atom. The molecule has 0 radical (unpaired) electrons. The second-order valence-electron chi connectivity index (χ2n) is 4.84. The number of aldehydes is 1. The highest BCUT2D eigenvalue weighted by Gasteiger charge is 2.09. The fraction of sp³-hybridized carbons (Fsp3) is 0.111. The van der Waals surface area contributed by atoms with Crippen LogP contribution in [0.1, 0.15) is 17.3 Å². The molecule has 0 atom stereocenters. The molecule has 0 bridgehead atoms. The van der Waals surface area contributed by atoms with Gasteiger partial charge in [-0.3, -0.25) is 4.79 Å². The maximum atomic E-state index is 11.4. The number of rotatable bonds is 5. The topological polar surface area (TPSA) is 39.2 Å². The van der Waals surface area contributed by atoms with E-state index in [-0.39, 0.29) is 0 Å². The number of hydrogen-bond donors (Lipinski definition) is 0. The number of nitrogens with zero attached hydrogens (tertiary/aromatic N) is 1. The zero-order valence-corrected chi connectivity index (χ0v) is 14.0. The van der Waals surface area contributed by atoms with E-state index in [1.807, 2.05) is 55.5 Å². The molecular weight excluding hydrogens is 330 g/mol. The summed E-state index contributed by atoms with van der Waals surface area (Å²) in [5, 5.41) is 2.25. The molecule has 0 saturated carbocycles. The van der Waals surface area contributed by atoms with E-state index in [2.05, 4.69) is 4.98 Å². The second kappa shape index (κ2) is 7.02. The lowest BCUT2D eigenvalue weighted by molar-refractivity contribution is 0.112. The Balaban J connectivity index is 2.00. The molecular formula is C18H14ClNO2S. The van der Waals surface area contributed by atoms with Gasteiger partial charge in [0.05, 0.1) is 12.1 Å². The summed E-state index contributed by atoms with van der Waals surface area (Å²) < 4.78 is 5.49. The molecule has 3 rings (SSSR count). The van der Waals surface area contributed by atoms with Crippen LogP contribution in [0.3, 0.4) is 0 Å². The Kier molecular flexibility index (Phi) is 4.84. The van der Waals surface area contributed by atoms with Crippen molar-refractivity contribution in [1.29, 1.82) is 0 Å². The smallest absolute Gasteiger partial charge is 0.152 e. The number of fused-ring (bicyclic) bond motifs is 1. The van der Waals surface area contributed by atoms with Crippen molar-refractivity contribution in [3.05, 3.63) is 59.1 Å². The lowest BCUT2D eigenvalue weighted by Gasteiger charge is -2.08. The molecule has 0 spiro atoms. The number of pyridine rings is 1. The summed E-state index contributed by atoms with van der Waals surface area (Å²) in [6, 6.07) is 15.0. The third-order valence-electron chi connectivity index (χ3n) is 3.25. The molecule has 5 heteroatoms. The highest BCUT2D eigenvalue weighted by atomic mass is 35.5. The number of hydrogen-bond acceptors (Lipinski definition) is 4. The van der Waals surface area contributed by atoms with Gasteiger partial charge < -0.3 is 4.74 Å². The average Bonchev–Trinajstić information content (AvgIpc) is 2.57. The molecule has 0 aliphatic carbocycles. The van der Waals surface area contributed by atoms with E-state index in [9.17, 15) is 4.79 Å². The molecule has 3 nitrogen and oxygen atoms in total. The molecule has 0 N–H and O–H groups in total. The van der Waals surface area contributed by atoms with Gasteiger partial charge >= 0.3 is 0 Å². The van der Waals surface area contributed by atoms with Crippen molar-refractivity contribution in [1.82, 2.24) is 4.98 Å². The van der Waals surface area contributed by atoms with Crippen LogP contribution in [0.5, 0.6) is 5.75 Å². The van der Waals surface area contributed by atoms with Gasteiger partial charge in [0.1, 0.15) is 10.8 Å². The van der Waals surface area contributed by atoms with Crippen molar-refractivity contribution in [2.24, 2.45) is 0 Å². The fourth-order valence-electron chi connectivity index (χ4n) is 2.19. The summed E-state index contributed by atoms with van der Waals surface area (Å²) in [4.78, 5) is 17.0. The number of ether oxygens (including phenoxy) is 1. The first-order valence-corrected chi connectivity index (χ1v) is 8.35. The van der Waals surface area contributed by atoms with Gasteiger partial charge in [-0.05, 0) is 55.5 Å². The predicted molar refractivity (Wildman–Crippen MR) is 93.9 cm³/mol. The van der Waals surface area contributed by atoms with Crippen LogP contribution in [-0.2, 0) is 0 Å². The first-order chi connectivity index (χ1) is 11.2. The van der Waals surface area contributed by atoms with E-state index >= 15 is 0 Å². The Bertz CT molecular complexity index is 850. The fourth-order valence-corrected chi connectivity index (χ4v) is 3.18. The van der Waals surface area contributed by atoms with Crippen LogP contribution in [0.25, 0.3) is 10.9 Å². The standard InChI is InChI=1S/C18H14ClNO2S/c1-2-22-15-5-8-17-12(10-15)9-13(11-21)18(20-17)23-16-6-3-14(19)4-7-16/h3-11H,2H2,1H3. The molecule has 0 amide bonds. The average molecular weight is 344 g/mol. The zero-order valence-electron chi connectivity index (χ0n) is 12.5. The van der Waals surface area contributed by atoms with Gasteiger partial charge in [-0.15, -0.1) is 0 Å². The van der Waals surface area contributed by atoms with E-state index in [1.54, 1.807) is 0 Å². The monoisotopic (exact) mass is 343 g/mol. The Hall–Kier alpha value is -2.04. The summed E-state index contributed by atoms with van der Waals surface area (Å²) >= 11 is 7.34. The van der Waals surface area contributed by atoms with Gasteiger partial charge in [-0.25, -0.2) is 4.98 Å². The van der Waals surface area contributed by atoms with E-state index in [1.165, 1.54) is 11.8 Å². The highest BCUT2D eigenvalue weighted by molar-refractivity contribution is 7.99. The molecule has 0 unspecified atom stereocenters. The van der Waals surface area contributed by atoms with Crippen molar-refractivity contribution in [2.75, 3.05) is 6.61 Å². The molecule has 116 valence electrons. The highest BCUT2D eigenvalue weighted by Crippen LogP contribution is 2.32. The zero-order chi connectivity index (χ0) is 16.2. The summed E-state index contributed by atoms with van der Waals surface area (Å²) in [6.45, 7) is 2.54. The summed E-state index contributed by atoms with van der Waals surface area (Å²) in [5.41, 5.74) is 1.39. The first kappa shape index (κ1) is 15.8. The van der Waals surface area contributed by atoms with Gasteiger partial charge in [0, 0.05) is 20.9 Å². The van der Waals surface area contributed by atoms with E-state index in [0.29, 0.717) is 22.2 Å². The summed E-state index contributed by atoms with van der Waals surface area (Å²) in [6.07, 6.45) is 0.831. The number of carbonyl (C=O) groups excluding carboxylic acids is 1. The molecule has 0 fully saturated rings. The number of benzene rings is 2. The third kappa shape index (κ3) is 3.66. The van der Waals surface area contributed by atoms with Crippen molar-refractivity contribution in [3.63, 3.8) is 0 Å². The number of carbonyl (C=O) groups is 1. The van der Waals surface area contributed by atoms with Gasteiger partial charge in [-0.2, -0.15) is 0 Å². The Labute approximate surface area is 143 Å². The SMILES string of the molecule is CCOc1ccc2nc(Sc3ccc(Cl)cc3)c(C=O)cc2c1. The molecule has 0 aliphatic rings. The molecule has 23 heavy (non-hydrogen) atoms. The van der Waals surface area contributed by atoms with E-state index < -0.39 is 0 Å². The summed E-state index contributed by atoms with van der Waals surface area (Å²) in [7, 11) is 0. The number of aromatic nitrogens is 1. The van der Waals surface area contributed by atoms with Crippen molar-refractivity contribution < 1.29 is 9.53 Å². The second-order valence-corrected chi connectivity index (χ2v) is 6.34. The van der Waals surface area contributed by atoms with Gasteiger partial charge in [0.15, 0.2) is 6.29 Å². The van der Waals surface area contributed by atoms with Crippen molar-refractivity contribution in [3.8, 4) is 5.75 Å². The van der Waals surface area contributed by atoms with E-state index in [0.717, 1.165) is 27.8 Å². The van der Waals surface area contributed by atoms with Crippen LogP contribution in [-0.4, -0.2) is 17.9 Å². The summed E-state index contributed by atoms with van der Waals surface area (Å²) in [5.74, 6) is 0.775. The van der Waals surface area contributed by atoms with Crippen LogP contribution in [0, 0.1) is 0 Å². The largest absolute Gasteiger partial charge is 0.494 e. The van der Waals surface area contributed by atoms with Crippen molar-refractivity contribution in [2.45, 2.75) is 16.8 Å². The molecule has 0 saturated heterocycles. The normalized spacial score (nSPS) is 10.7. The van der Waals surface area contributed by atoms with Crippen LogP contribution in [0.15, 0.2) is 58.5 Å². The first-order valence-electron chi connectivity index (χ1n) is 7.16. The van der Waals surface area contributed by atoms with Gasteiger partial charge in [-0.1, -0.05) is 23.4 Å². The molecule has 1 aromatic heterocycles. The molecule has 1 heterocycles. The Morgan fingerprint density at radius 3 is 2.65 bits per heavy atom. The quantitative estimate of drug-likeness (QED) is 0.593. The predicted octanol–water partition coefficient (Wildman–Crippen LogP) is 5.25. The maximum Gasteiger partial charge on any atom is 0.152 e. The molecule has 0 aliphatic heterocycles. The third-order valence-corrected chi connectivity index (χ3v) is 4.53. The minimum atomic E-state index is 0.561. The minimum absolute atomic E-state index is 0.561. The van der Waals surface area contributed by atoms with E-state index in [4.69, 9.17) is 16.3 Å². The van der Waals surface area contributed by atoms with Crippen molar-refractivity contribution >= 4 is 40.6 Å². The molecule has 3 aromatic rings. The molecule has 2 aromatic carbocycles. The Morgan fingerprint density at radius 2 is 1.96 bits per heavy atom. The van der Waals surface area contributed by atoms with Crippen LogP contribution >= 0.6 is 23.4 Å². The lowest BCUT2D eigenvalue weighted by Crippen LogP contribution is -1.94. The van der Waals surface area contributed by atoms with Crippen LogP contribution in [0.2, 0.25) is 5.02 Å². The van der Waals surface area contributed by atoms with Gasteiger partial charge in [0.2, 0.25) is 0 Å². The number of halogens is 1. The van der Waals surface area contributed by atoms with Crippen LogP contribution < -0.4 is 4.74 Å². The van der Waals surface area contributed by atoms with Gasteiger partial charge in [0.25, 0.3) is 0 Å². The lowest BCUT2D eigenvalue weighted by atomic mass is 10.1. The minimum Gasteiger partial charge on any atom is -0.494 e.